The fourth-order valence-electron chi connectivity index (χ4n) is 2.01. The van der Waals surface area contributed by atoms with Gasteiger partial charge in [-0.25, -0.2) is 5.43 Å². The van der Waals surface area contributed by atoms with Gasteiger partial charge in [0.1, 0.15) is 5.66 Å². The van der Waals surface area contributed by atoms with Gasteiger partial charge in [-0.15, -0.1) is 0 Å². The van der Waals surface area contributed by atoms with Crippen LogP contribution in [0.25, 0.3) is 0 Å². The van der Waals surface area contributed by atoms with Gasteiger partial charge in [-0.1, -0.05) is 18.2 Å². The highest BCUT2D eigenvalue weighted by molar-refractivity contribution is 5.60. The van der Waals surface area contributed by atoms with Crippen LogP contribution in [0.4, 0.5) is 5.69 Å². The van der Waals surface area contributed by atoms with Crippen LogP contribution in [-0.2, 0) is 5.66 Å². The highest BCUT2D eigenvalue weighted by atomic mass is 15.5. The molecule has 16 heavy (non-hydrogen) atoms. The third-order valence-corrected chi connectivity index (χ3v) is 2.88. The summed E-state index contributed by atoms with van der Waals surface area (Å²) in [6, 6.07) is 11.8. The highest BCUT2D eigenvalue weighted by Crippen LogP contribution is 2.33. The van der Waals surface area contributed by atoms with E-state index in [0.717, 1.165) is 16.8 Å². The van der Waals surface area contributed by atoms with Gasteiger partial charge in [0.25, 0.3) is 0 Å². The van der Waals surface area contributed by atoms with Gasteiger partial charge in [-0.3, -0.25) is 4.98 Å². The van der Waals surface area contributed by atoms with E-state index >= 15 is 0 Å². The van der Waals surface area contributed by atoms with E-state index in [0.29, 0.717) is 0 Å². The smallest absolute Gasteiger partial charge is 0.137 e. The Balaban J connectivity index is 2.15. The van der Waals surface area contributed by atoms with Crippen molar-refractivity contribution in [3.05, 3.63) is 59.9 Å². The maximum absolute atomic E-state index is 6.39. The van der Waals surface area contributed by atoms with Crippen LogP contribution < -0.4 is 16.6 Å². The zero-order chi connectivity index (χ0) is 11.0. The Labute approximate surface area is 93.5 Å². The molecule has 4 nitrogen and oxygen atoms in total. The molecule has 0 fully saturated rings. The molecule has 1 aliphatic rings. The number of nitrogens with two attached hydrogens (primary N) is 1. The lowest BCUT2D eigenvalue weighted by molar-refractivity contribution is 0.483. The first kappa shape index (κ1) is 9.33. The van der Waals surface area contributed by atoms with Crippen molar-refractivity contribution >= 4 is 5.69 Å². The molecule has 2 aromatic rings. The summed E-state index contributed by atoms with van der Waals surface area (Å²) < 4.78 is 0. The predicted molar refractivity (Wildman–Crippen MR) is 62.4 cm³/mol. The van der Waals surface area contributed by atoms with E-state index < -0.39 is 5.66 Å². The number of anilines is 1. The second kappa shape index (κ2) is 3.30. The molecule has 1 unspecified atom stereocenters. The summed E-state index contributed by atoms with van der Waals surface area (Å²) in [6.45, 7) is 0. The second-order valence-electron chi connectivity index (χ2n) is 3.84. The average Bonchev–Trinajstić information content (AvgIpc) is 2.71. The van der Waals surface area contributed by atoms with Gasteiger partial charge < -0.3 is 11.2 Å². The number of fused-ring (bicyclic) bond motifs is 1. The van der Waals surface area contributed by atoms with Crippen molar-refractivity contribution in [1.82, 2.24) is 10.4 Å². The Morgan fingerprint density at radius 1 is 1.06 bits per heavy atom. The van der Waals surface area contributed by atoms with Gasteiger partial charge in [-0.2, -0.15) is 0 Å². The summed E-state index contributed by atoms with van der Waals surface area (Å²) in [6.07, 6.45) is 3.49. The van der Waals surface area contributed by atoms with Crippen LogP contribution in [-0.4, -0.2) is 4.98 Å². The molecular weight excluding hydrogens is 200 g/mol. The van der Waals surface area contributed by atoms with Gasteiger partial charge in [0.15, 0.2) is 0 Å². The first-order chi connectivity index (χ1) is 7.81. The van der Waals surface area contributed by atoms with E-state index in [2.05, 4.69) is 15.8 Å². The van der Waals surface area contributed by atoms with Crippen molar-refractivity contribution in [3.8, 4) is 0 Å². The molecule has 0 spiro atoms. The van der Waals surface area contributed by atoms with E-state index in [1.807, 2.05) is 36.4 Å². The SMILES string of the molecule is NC1(c2ccncc2)NNc2ccccc21. The minimum absolute atomic E-state index is 0.681. The number of pyridine rings is 1. The maximum Gasteiger partial charge on any atom is 0.137 e. The Morgan fingerprint density at radius 3 is 2.62 bits per heavy atom. The Hall–Kier alpha value is -1.91. The standard InChI is InChI=1S/C12H12N4/c13-12(9-5-7-14-8-6-9)10-3-1-2-4-11(10)15-16-12/h1-8,15-16H,13H2. The minimum atomic E-state index is -0.681. The Bertz CT molecular complexity index is 511. The number of benzene rings is 1. The summed E-state index contributed by atoms with van der Waals surface area (Å²) in [4.78, 5) is 4.00. The van der Waals surface area contributed by atoms with Gasteiger partial charge in [-0.05, 0) is 23.8 Å². The molecule has 0 saturated heterocycles. The number of nitrogens with one attached hydrogen (secondary N) is 2. The lowest BCUT2D eigenvalue weighted by Crippen LogP contribution is -2.48. The zero-order valence-electron chi connectivity index (χ0n) is 8.64. The molecule has 2 heterocycles. The van der Waals surface area contributed by atoms with Crippen molar-refractivity contribution in [3.63, 3.8) is 0 Å². The Kier molecular flexibility index (Phi) is 1.92. The fraction of sp³-hybridized carbons (Fsp3) is 0.0833. The molecule has 1 aliphatic heterocycles. The van der Waals surface area contributed by atoms with Crippen LogP contribution >= 0.6 is 0 Å². The molecule has 0 radical (unpaired) electrons. The van der Waals surface area contributed by atoms with Crippen LogP contribution in [0.5, 0.6) is 0 Å². The number of hydrazine groups is 1. The predicted octanol–water partition coefficient (Wildman–Crippen LogP) is 1.17. The number of aromatic nitrogens is 1. The van der Waals surface area contributed by atoms with Crippen molar-refractivity contribution in [2.75, 3.05) is 5.43 Å². The number of hydrogen-bond donors (Lipinski definition) is 3. The van der Waals surface area contributed by atoms with Crippen molar-refractivity contribution < 1.29 is 0 Å². The first-order valence-electron chi connectivity index (χ1n) is 5.13. The molecule has 1 aromatic heterocycles. The molecular formula is C12H12N4. The molecule has 3 rings (SSSR count). The fourth-order valence-corrected chi connectivity index (χ4v) is 2.01. The number of para-hydroxylation sites is 1. The van der Waals surface area contributed by atoms with E-state index in [9.17, 15) is 0 Å². The number of hydrogen-bond acceptors (Lipinski definition) is 4. The normalized spacial score (nSPS) is 22.6. The quantitative estimate of drug-likeness (QED) is 0.664. The van der Waals surface area contributed by atoms with Gasteiger partial charge in [0.05, 0.1) is 5.69 Å². The lowest BCUT2D eigenvalue weighted by Gasteiger charge is -2.24. The topological polar surface area (TPSA) is 63.0 Å². The summed E-state index contributed by atoms with van der Waals surface area (Å²) in [7, 11) is 0. The molecule has 1 atom stereocenters. The molecule has 0 bridgehead atoms. The van der Waals surface area contributed by atoms with Crippen LogP contribution in [0.3, 0.4) is 0 Å². The van der Waals surface area contributed by atoms with Crippen LogP contribution in [0, 0.1) is 0 Å². The van der Waals surface area contributed by atoms with E-state index in [-0.39, 0.29) is 0 Å². The molecule has 0 amide bonds. The van der Waals surface area contributed by atoms with Crippen LogP contribution in [0.1, 0.15) is 11.1 Å². The maximum atomic E-state index is 6.39. The van der Waals surface area contributed by atoms with Crippen LogP contribution in [0.2, 0.25) is 0 Å². The van der Waals surface area contributed by atoms with Crippen molar-refractivity contribution in [2.45, 2.75) is 5.66 Å². The lowest BCUT2D eigenvalue weighted by atomic mass is 9.94. The summed E-state index contributed by atoms with van der Waals surface area (Å²) in [5.74, 6) is 0. The van der Waals surface area contributed by atoms with E-state index in [1.165, 1.54) is 0 Å². The van der Waals surface area contributed by atoms with E-state index in [1.54, 1.807) is 12.4 Å². The molecule has 0 aliphatic carbocycles. The third kappa shape index (κ3) is 1.21. The van der Waals surface area contributed by atoms with Gasteiger partial charge in [0, 0.05) is 18.0 Å². The summed E-state index contributed by atoms with van der Waals surface area (Å²) >= 11 is 0. The minimum Gasteiger partial charge on any atom is -0.319 e. The van der Waals surface area contributed by atoms with Crippen molar-refractivity contribution in [1.29, 1.82) is 0 Å². The molecule has 4 heteroatoms. The molecule has 80 valence electrons. The van der Waals surface area contributed by atoms with Gasteiger partial charge >= 0.3 is 0 Å². The van der Waals surface area contributed by atoms with E-state index in [4.69, 9.17) is 5.73 Å². The monoisotopic (exact) mass is 212 g/mol. The molecule has 0 saturated carbocycles. The summed E-state index contributed by atoms with van der Waals surface area (Å²) in [5, 5.41) is 0. The van der Waals surface area contributed by atoms with Crippen LogP contribution in [0.15, 0.2) is 48.8 Å². The average molecular weight is 212 g/mol. The number of rotatable bonds is 1. The second-order valence-corrected chi connectivity index (χ2v) is 3.84. The third-order valence-electron chi connectivity index (χ3n) is 2.88. The summed E-state index contributed by atoms with van der Waals surface area (Å²) in [5.41, 5.74) is 15.0. The number of nitrogens with zero attached hydrogens (tertiary/aromatic N) is 1. The largest absolute Gasteiger partial charge is 0.319 e. The van der Waals surface area contributed by atoms with Crippen molar-refractivity contribution in [2.24, 2.45) is 5.73 Å². The molecule has 4 N–H and O–H groups in total. The Morgan fingerprint density at radius 2 is 1.81 bits per heavy atom. The first-order valence-corrected chi connectivity index (χ1v) is 5.13. The van der Waals surface area contributed by atoms with Gasteiger partial charge in [0.2, 0.25) is 0 Å². The zero-order valence-corrected chi connectivity index (χ0v) is 8.64. The molecule has 1 aromatic carbocycles. The highest BCUT2D eigenvalue weighted by Gasteiger charge is 2.36.